The quantitative estimate of drug-likeness (QED) is 0.284. The molecule has 0 atom stereocenters. The van der Waals surface area contributed by atoms with Gasteiger partial charge >= 0.3 is 12.3 Å². The highest BCUT2D eigenvalue weighted by molar-refractivity contribution is 9.10. The van der Waals surface area contributed by atoms with Gasteiger partial charge < -0.3 is 15.7 Å². The number of hydrogen-bond acceptors (Lipinski definition) is 3. The lowest BCUT2D eigenvalue weighted by molar-refractivity contribution is -0.148. The summed E-state index contributed by atoms with van der Waals surface area (Å²) in [5.41, 5.74) is 5.64. The van der Waals surface area contributed by atoms with Crippen molar-refractivity contribution in [2.45, 2.75) is 12.3 Å². The molecular formula is C10H9BrF4N2O2. The summed E-state index contributed by atoms with van der Waals surface area (Å²) in [6.07, 6.45) is -3.80. The number of ether oxygens (including phenoxy) is 1. The summed E-state index contributed by atoms with van der Waals surface area (Å²) in [5, 5.41) is 11.2. The second kappa shape index (κ2) is 6.09. The molecule has 1 rings (SSSR count). The molecule has 0 heterocycles. The van der Waals surface area contributed by atoms with E-state index in [1.54, 1.807) is 0 Å². The van der Waals surface area contributed by atoms with Crippen molar-refractivity contribution in [3.8, 4) is 5.75 Å². The predicted octanol–water partition coefficient (Wildman–Crippen LogP) is 2.82. The van der Waals surface area contributed by atoms with Gasteiger partial charge in [-0.2, -0.15) is 8.78 Å². The summed E-state index contributed by atoms with van der Waals surface area (Å²) in [6, 6.07) is 3.81. The Balaban J connectivity index is 2.80. The predicted molar refractivity (Wildman–Crippen MR) is 63.1 cm³/mol. The highest BCUT2D eigenvalue weighted by atomic mass is 79.9. The minimum Gasteiger partial charge on any atom is -0.487 e. The molecule has 0 aliphatic heterocycles. The number of hydrogen-bond donors (Lipinski definition) is 2. The third kappa shape index (κ3) is 3.98. The second-order valence-electron chi connectivity index (χ2n) is 3.48. The molecule has 0 aliphatic carbocycles. The van der Waals surface area contributed by atoms with E-state index in [1.807, 2.05) is 0 Å². The molecule has 0 spiro atoms. The standard InChI is InChI=1S/C10H9BrF4N2O2/c11-7-3-5(1-2-6(7)8(16)17-18)19-4-10(14,15)9(12)13/h1-3,9,18H,4H2,(H2,16,17). The Bertz CT molecular complexity index is 483. The molecular weight excluding hydrogens is 336 g/mol. The molecule has 0 aliphatic rings. The van der Waals surface area contributed by atoms with Crippen LogP contribution in [0.2, 0.25) is 0 Å². The Morgan fingerprint density at radius 2 is 2.11 bits per heavy atom. The first-order valence-corrected chi connectivity index (χ1v) is 5.63. The number of halogens is 5. The molecule has 1 aromatic carbocycles. The molecule has 0 saturated heterocycles. The van der Waals surface area contributed by atoms with E-state index in [9.17, 15) is 17.6 Å². The fraction of sp³-hybridized carbons (Fsp3) is 0.300. The van der Waals surface area contributed by atoms with E-state index in [0.29, 0.717) is 10.0 Å². The third-order valence-corrected chi connectivity index (χ3v) is 2.73. The lowest BCUT2D eigenvalue weighted by atomic mass is 10.2. The second-order valence-corrected chi connectivity index (χ2v) is 4.33. The van der Waals surface area contributed by atoms with Crippen molar-refractivity contribution in [2.24, 2.45) is 10.9 Å². The molecule has 0 saturated carbocycles. The maximum absolute atomic E-state index is 12.6. The highest BCUT2D eigenvalue weighted by Gasteiger charge is 2.41. The Hall–Kier alpha value is -1.51. The number of alkyl halides is 4. The van der Waals surface area contributed by atoms with E-state index in [0.717, 1.165) is 0 Å². The molecule has 0 fully saturated rings. The van der Waals surface area contributed by atoms with Crippen molar-refractivity contribution in [1.82, 2.24) is 0 Å². The zero-order valence-electron chi connectivity index (χ0n) is 9.29. The minimum atomic E-state index is -4.23. The Kier molecular flexibility index (Phi) is 4.98. The zero-order valence-corrected chi connectivity index (χ0v) is 10.9. The van der Waals surface area contributed by atoms with Gasteiger partial charge in [-0.1, -0.05) is 5.16 Å². The monoisotopic (exact) mass is 344 g/mol. The minimum absolute atomic E-state index is 0.0540. The maximum atomic E-state index is 12.6. The van der Waals surface area contributed by atoms with Gasteiger partial charge in [0.25, 0.3) is 0 Å². The van der Waals surface area contributed by atoms with Gasteiger partial charge in [-0.25, -0.2) is 8.78 Å². The van der Waals surface area contributed by atoms with Crippen LogP contribution in [-0.2, 0) is 0 Å². The van der Waals surface area contributed by atoms with Gasteiger partial charge in [-0.3, -0.25) is 0 Å². The molecule has 0 unspecified atom stereocenters. The van der Waals surface area contributed by atoms with Crippen LogP contribution < -0.4 is 10.5 Å². The molecule has 106 valence electrons. The lowest BCUT2D eigenvalue weighted by Crippen LogP contribution is -2.33. The Labute approximate surface area is 114 Å². The van der Waals surface area contributed by atoms with Crippen LogP contribution >= 0.6 is 15.9 Å². The van der Waals surface area contributed by atoms with Gasteiger partial charge in [-0.05, 0) is 34.1 Å². The van der Waals surface area contributed by atoms with E-state index in [1.165, 1.54) is 18.2 Å². The summed E-state index contributed by atoms with van der Waals surface area (Å²) < 4.78 is 54.0. The van der Waals surface area contributed by atoms with Crippen LogP contribution in [0.25, 0.3) is 0 Å². The van der Waals surface area contributed by atoms with Crippen molar-refractivity contribution >= 4 is 21.8 Å². The summed E-state index contributed by atoms with van der Waals surface area (Å²) in [6.45, 7) is -1.44. The first kappa shape index (κ1) is 15.5. The molecule has 4 nitrogen and oxygen atoms in total. The van der Waals surface area contributed by atoms with Crippen molar-refractivity contribution < 1.29 is 27.5 Å². The SMILES string of the molecule is N/C(=N/O)c1ccc(OCC(F)(F)C(F)F)cc1Br. The van der Waals surface area contributed by atoms with Gasteiger partial charge in [0.1, 0.15) is 5.75 Å². The molecule has 0 bridgehead atoms. The van der Waals surface area contributed by atoms with Crippen LogP contribution in [-0.4, -0.2) is 30.0 Å². The number of amidine groups is 1. The van der Waals surface area contributed by atoms with Crippen molar-refractivity contribution in [3.05, 3.63) is 28.2 Å². The van der Waals surface area contributed by atoms with E-state index in [-0.39, 0.29) is 11.6 Å². The fourth-order valence-corrected chi connectivity index (χ4v) is 1.65. The van der Waals surface area contributed by atoms with Gasteiger partial charge in [0.15, 0.2) is 12.4 Å². The number of oxime groups is 1. The highest BCUT2D eigenvalue weighted by Crippen LogP contribution is 2.27. The Morgan fingerprint density at radius 1 is 1.47 bits per heavy atom. The molecule has 1 aromatic rings. The van der Waals surface area contributed by atoms with Crippen LogP contribution in [0, 0.1) is 0 Å². The van der Waals surface area contributed by atoms with Crippen LogP contribution in [0.3, 0.4) is 0 Å². The first-order chi connectivity index (χ1) is 8.77. The van der Waals surface area contributed by atoms with Crippen molar-refractivity contribution in [1.29, 1.82) is 0 Å². The molecule has 3 N–H and O–H groups in total. The number of rotatable bonds is 5. The van der Waals surface area contributed by atoms with Crippen LogP contribution in [0.1, 0.15) is 5.56 Å². The topological polar surface area (TPSA) is 67.8 Å². The fourth-order valence-electron chi connectivity index (χ4n) is 1.09. The number of nitrogens with zero attached hydrogens (tertiary/aromatic N) is 1. The average Bonchev–Trinajstić information content (AvgIpc) is 2.35. The molecule has 0 aromatic heterocycles. The van der Waals surface area contributed by atoms with Crippen molar-refractivity contribution in [2.75, 3.05) is 6.61 Å². The summed E-state index contributed by atoms with van der Waals surface area (Å²) >= 11 is 3.05. The first-order valence-electron chi connectivity index (χ1n) is 4.84. The van der Waals surface area contributed by atoms with E-state index >= 15 is 0 Å². The smallest absolute Gasteiger partial charge is 0.340 e. The maximum Gasteiger partial charge on any atom is 0.340 e. The molecule has 0 radical (unpaired) electrons. The number of nitrogens with two attached hydrogens (primary N) is 1. The number of benzene rings is 1. The van der Waals surface area contributed by atoms with Gasteiger partial charge in [-0.15, -0.1) is 0 Å². The van der Waals surface area contributed by atoms with Crippen LogP contribution in [0.15, 0.2) is 27.8 Å². The molecule has 0 amide bonds. The Morgan fingerprint density at radius 3 is 2.58 bits per heavy atom. The summed E-state index contributed by atoms with van der Waals surface area (Å²) in [4.78, 5) is 0. The van der Waals surface area contributed by atoms with E-state index in [4.69, 9.17) is 10.9 Å². The lowest BCUT2D eigenvalue weighted by Gasteiger charge is -2.16. The zero-order chi connectivity index (χ0) is 14.6. The molecule has 19 heavy (non-hydrogen) atoms. The van der Waals surface area contributed by atoms with E-state index in [2.05, 4.69) is 25.8 Å². The van der Waals surface area contributed by atoms with Crippen molar-refractivity contribution in [3.63, 3.8) is 0 Å². The largest absolute Gasteiger partial charge is 0.487 e. The van der Waals surface area contributed by atoms with Gasteiger partial charge in [0, 0.05) is 10.0 Å². The third-order valence-electron chi connectivity index (χ3n) is 2.07. The van der Waals surface area contributed by atoms with E-state index < -0.39 is 19.0 Å². The van der Waals surface area contributed by atoms with Crippen LogP contribution in [0.4, 0.5) is 17.6 Å². The van der Waals surface area contributed by atoms with Crippen LogP contribution in [0.5, 0.6) is 5.75 Å². The summed E-state index contributed by atoms with van der Waals surface area (Å²) in [7, 11) is 0. The molecule has 9 heteroatoms. The average molecular weight is 345 g/mol. The van der Waals surface area contributed by atoms with Gasteiger partial charge in [0.2, 0.25) is 0 Å². The van der Waals surface area contributed by atoms with Gasteiger partial charge in [0.05, 0.1) is 0 Å². The summed E-state index contributed by atoms with van der Waals surface area (Å²) in [5.74, 6) is -4.48. The normalized spacial score (nSPS) is 12.8.